The molecule has 7 heteroatoms. The Kier molecular flexibility index (Phi) is 4.82. The zero-order valence-electron chi connectivity index (χ0n) is 13.7. The molecule has 0 bridgehead atoms. The molecule has 3 nitrogen and oxygen atoms in total. The molecule has 0 atom stereocenters. The van der Waals surface area contributed by atoms with Gasteiger partial charge in [-0.05, 0) is 36.8 Å². The number of carboxylic acids is 1. The van der Waals surface area contributed by atoms with Crippen LogP contribution in [0.5, 0.6) is 0 Å². The van der Waals surface area contributed by atoms with Gasteiger partial charge in [-0.25, -0.2) is 9.78 Å². The monoisotopic (exact) mass is 377 g/mol. The molecule has 0 saturated carbocycles. The smallest absolute Gasteiger partial charge is 0.416 e. The van der Waals surface area contributed by atoms with Crippen molar-refractivity contribution in [3.63, 3.8) is 0 Å². The zero-order valence-corrected chi connectivity index (χ0v) is 14.5. The molecule has 134 valence electrons. The second-order valence-corrected chi connectivity index (χ2v) is 7.06. The number of nitrogens with zero attached hydrogens (tertiary/aromatic N) is 1. The van der Waals surface area contributed by atoms with E-state index in [4.69, 9.17) is 5.11 Å². The Balaban J connectivity index is 1.86. The molecule has 1 aromatic heterocycles. The van der Waals surface area contributed by atoms with Crippen molar-refractivity contribution >= 4 is 17.3 Å². The maximum absolute atomic E-state index is 12.9. The van der Waals surface area contributed by atoms with E-state index in [1.54, 1.807) is 18.2 Å². The average molecular weight is 377 g/mol. The molecule has 3 rings (SSSR count). The van der Waals surface area contributed by atoms with Crippen LogP contribution in [-0.4, -0.2) is 16.1 Å². The fourth-order valence-corrected chi connectivity index (χ4v) is 3.57. The number of benzene rings is 2. The van der Waals surface area contributed by atoms with E-state index in [1.807, 2.05) is 6.92 Å². The number of aromatic nitrogens is 1. The molecule has 26 heavy (non-hydrogen) atoms. The second kappa shape index (κ2) is 6.92. The van der Waals surface area contributed by atoms with Gasteiger partial charge in [0.1, 0.15) is 0 Å². The standard InChI is InChI=1S/C19H14F3NO2S/c1-11-17(14-3-2-4-15(10-14)19(20,21)22)23-16(26-11)9-12-5-7-13(8-6-12)18(24)25/h2-8,10H,9H2,1H3,(H,24,25). The van der Waals surface area contributed by atoms with Crippen LogP contribution in [0.3, 0.4) is 0 Å². The molecule has 1 N–H and O–H groups in total. The Morgan fingerprint density at radius 3 is 2.46 bits per heavy atom. The van der Waals surface area contributed by atoms with Gasteiger partial charge in [0.2, 0.25) is 0 Å². The molecule has 0 saturated heterocycles. The lowest BCUT2D eigenvalue weighted by atomic mass is 10.1. The lowest BCUT2D eigenvalue weighted by Gasteiger charge is -2.07. The second-order valence-electron chi connectivity index (χ2n) is 5.77. The predicted molar refractivity (Wildman–Crippen MR) is 93.5 cm³/mol. The van der Waals surface area contributed by atoms with Crippen LogP contribution in [0.4, 0.5) is 13.2 Å². The van der Waals surface area contributed by atoms with Gasteiger partial charge in [-0.2, -0.15) is 13.2 Å². The molecule has 2 aromatic carbocycles. The first-order valence-corrected chi connectivity index (χ1v) is 8.52. The van der Waals surface area contributed by atoms with Gasteiger partial charge in [-0.15, -0.1) is 11.3 Å². The fraction of sp³-hybridized carbons (Fsp3) is 0.158. The molecular formula is C19H14F3NO2S. The third-order valence-corrected chi connectivity index (χ3v) is 4.83. The Morgan fingerprint density at radius 2 is 1.85 bits per heavy atom. The predicted octanol–water partition coefficient (Wildman–Crippen LogP) is 5.43. The van der Waals surface area contributed by atoms with E-state index in [1.165, 1.54) is 29.5 Å². The van der Waals surface area contributed by atoms with E-state index in [2.05, 4.69) is 4.98 Å². The third-order valence-electron chi connectivity index (χ3n) is 3.86. The zero-order chi connectivity index (χ0) is 18.9. The minimum Gasteiger partial charge on any atom is -0.478 e. The average Bonchev–Trinajstić information content (AvgIpc) is 2.95. The Morgan fingerprint density at radius 1 is 1.15 bits per heavy atom. The summed E-state index contributed by atoms with van der Waals surface area (Å²) in [5.74, 6) is -0.992. The number of thiazole rings is 1. The molecule has 0 aliphatic rings. The lowest BCUT2D eigenvalue weighted by molar-refractivity contribution is -0.137. The van der Waals surface area contributed by atoms with E-state index in [9.17, 15) is 18.0 Å². The van der Waals surface area contributed by atoms with E-state index in [0.717, 1.165) is 27.6 Å². The van der Waals surface area contributed by atoms with Crippen LogP contribution in [-0.2, 0) is 12.6 Å². The van der Waals surface area contributed by atoms with Crippen molar-refractivity contribution < 1.29 is 23.1 Å². The van der Waals surface area contributed by atoms with Gasteiger partial charge < -0.3 is 5.11 Å². The quantitative estimate of drug-likeness (QED) is 0.660. The number of carbonyl (C=O) groups is 1. The highest BCUT2D eigenvalue weighted by molar-refractivity contribution is 7.12. The topological polar surface area (TPSA) is 50.2 Å². The van der Waals surface area contributed by atoms with E-state index in [0.29, 0.717) is 17.7 Å². The highest BCUT2D eigenvalue weighted by Crippen LogP contribution is 2.34. The molecule has 0 aliphatic carbocycles. The summed E-state index contributed by atoms with van der Waals surface area (Å²) in [6.07, 6.45) is -3.90. The number of carboxylic acid groups (broad SMARTS) is 1. The number of rotatable bonds is 4. The highest BCUT2D eigenvalue weighted by atomic mass is 32.1. The highest BCUT2D eigenvalue weighted by Gasteiger charge is 2.30. The Bertz CT molecular complexity index is 946. The van der Waals surface area contributed by atoms with Gasteiger partial charge >= 0.3 is 12.1 Å². The third kappa shape index (κ3) is 3.94. The van der Waals surface area contributed by atoms with Crippen molar-refractivity contribution in [2.45, 2.75) is 19.5 Å². The minimum absolute atomic E-state index is 0.203. The molecule has 0 spiro atoms. The summed E-state index contributed by atoms with van der Waals surface area (Å²) < 4.78 is 38.7. The normalized spacial score (nSPS) is 11.5. The van der Waals surface area contributed by atoms with Crippen molar-refractivity contribution in [3.8, 4) is 11.3 Å². The van der Waals surface area contributed by atoms with Crippen molar-refractivity contribution in [1.82, 2.24) is 4.98 Å². The number of hydrogen-bond donors (Lipinski definition) is 1. The maximum atomic E-state index is 12.9. The van der Waals surface area contributed by atoms with Gasteiger partial charge in [-0.1, -0.05) is 24.3 Å². The molecule has 0 amide bonds. The molecule has 0 aliphatic heterocycles. The minimum atomic E-state index is -4.39. The first kappa shape index (κ1) is 18.1. The van der Waals surface area contributed by atoms with Crippen LogP contribution in [0.2, 0.25) is 0 Å². The van der Waals surface area contributed by atoms with Crippen LogP contribution in [0.25, 0.3) is 11.3 Å². The van der Waals surface area contributed by atoms with E-state index < -0.39 is 17.7 Å². The molecule has 0 fully saturated rings. The van der Waals surface area contributed by atoms with Gasteiger partial charge in [0.15, 0.2) is 0 Å². The van der Waals surface area contributed by atoms with Crippen LogP contribution >= 0.6 is 11.3 Å². The summed E-state index contributed by atoms with van der Waals surface area (Å²) in [4.78, 5) is 16.2. The van der Waals surface area contributed by atoms with Crippen molar-refractivity contribution in [2.75, 3.05) is 0 Å². The maximum Gasteiger partial charge on any atom is 0.416 e. The number of hydrogen-bond acceptors (Lipinski definition) is 3. The summed E-state index contributed by atoms with van der Waals surface area (Å²) in [5, 5.41) is 9.68. The van der Waals surface area contributed by atoms with Crippen molar-refractivity contribution in [2.24, 2.45) is 0 Å². The van der Waals surface area contributed by atoms with Gasteiger partial charge in [0.05, 0.1) is 21.8 Å². The van der Waals surface area contributed by atoms with Crippen LogP contribution < -0.4 is 0 Å². The van der Waals surface area contributed by atoms with Crippen LogP contribution in [0.15, 0.2) is 48.5 Å². The van der Waals surface area contributed by atoms with Crippen LogP contribution in [0.1, 0.15) is 31.4 Å². The largest absolute Gasteiger partial charge is 0.478 e. The fourth-order valence-electron chi connectivity index (χ4n) is 2.58. The molecule has 0 radical (unpaired) electrons. The number of aryl methyl sites for hydroxylation is 1. The Hall–Kier alpha value is -2.67. The molecule has 1 heterocycles. The number of halogens is 3. The summed E-state index contributed by atoms with van der Waals surface area (Å²) in [5.41, 5.74) is 1.36. The van der Waals surface area contributed by atoms with Crippen LogP contribution in [0, 0.1) is 6.92 Å². The molecule has 3 aromatic rings. The summed E-state index contributed by atoms with van der Waals surface area (Å²) in [6.45, 7) is 1.82. The van der Waals surface area contributed by atoms with Gasteiger partial charge in [0.25, 0.3) is 0 Å². The SMILES string of the molecule is Cc1sc(Cc2ccc(C(=O)O)cc2)nc1-c1cccc(C(F)(F)F)c1. The van der Waals surface area contributed by atoms with Crippen molar-refractivity contribution in [1.29, 1.82) is 0 Å². The summed E-state index contributed by atoms with van der Waals surface area (Å²) in [7, 11) is 0. The Labute approximate surface area is 151 Å². The van der Waals surface area contributed by atoms with E-state index >= 15 is 0 Å². The van der Waals surface area contributed by atoms with Crippen molar-refractivity contribution in [3.05, 3.63) is 75.1 Å². The summed E-state index contributed by atoms with van der Waals surface area (Å²) in [6, 6.07) is 11.6. The molecular weight excluding hydrogens is 363 g/mol. The van der Waals surface area contributed by atoms with Gasteiger partial charge in [-0.3, -0.25) is 0 Å². The van der Waals surface area contributed by atoms with Gasteiger partial charge in [0, 0.05) is 16.9 Å². The first-order valence-electron chi connectivity index (χ1n) is 7.70. The number of alkyl halides is 3. The first-order chi connectivity index (χ1) is 12.2. The molecule has 0 unspecified atom stereocenters. The van der Waals surface area contributed by atoms with E-state index in [-0.39, 0.29) is 5.56 Å². The number of aromatic carboxylic acids is 1. The lowest BCUT2D eigenvalue weighted by Crippen LogP contribution is -2.04. The summed E-state index contributed by atoms with van der Waals surface area (Å²) >= 11 is 1.42.